The van der Waals surface area contributed by atoms with Gasteiger partial charge in [-0.3, -0.25) is 0 Å². The fourth-order valence-electron chi connectivity index (χ4n) is 2.59. The fourth-order valence-corrected chi connectivity index (χ4v) is 2.59. The summed E-state index contributed by atoms with van der Waals surface area (Å²) in [6.45, 7) is 1.89. The van der Waals surface area contributed by atoms with Gasteiger partial charge in [-0.25, -0.2) is 9.48 Å². The maximum Gasteiger partial charge on any atom is 0.348 e. The minimum atomic E-state index is -0.750. The smallest absolute Gasteiger partial charge is 0.348 e. The van der Waals surface area contributed by atoms with E-state index in [9.17, 15) is 10.1 Å². The summed E-state index contributed by atoms with van der Waals surface area (Å²) in [5, 5.41) is 13.8. The number of nitrogens with zero attached hydrogens (tertiary/aromatic N) is 3. The summed E-state index contributed by atoms with van der Waals surface area (Å²) in [6.07, 6.45) is 1.43. The number of hydrogen-bond acceptors (Lipinski definition) is 7. The molecule has 3 rings (SSSR count). The average molecular weight is 422 g/mol. The third kappa shape index (κ3) is 5.73. The van der Waals surface area contributed by atoms with Crippen LogP contribution in [0, 0.1) is 11.3 Å². The molecule has 2 aromatic carbocycles. The van der Waals surface area contributed by atoms with Gasteiger partial charge in [0.25, 0.3) is 0 Å². The van der Waals surface area contributed by atoms with E-state index in [-0.39, 0.29) is 12.2 Å². The summed E-state index contributed by atoms with van der Waals surface area (Å²) in [5.74, 6) is -0.664. The maximum absolute atomic E-state index is 11.9. The van der Waals surface area contributed by atoms with E-state index in [0.717, 1.165) is 16.9 Å². The maximum atomic E-state index is 11.9. The molecule has 0 amide bonds. The number of carbonyl (C=O) groups excluding carboxylic acids is 1. The van der Waals surface area contributed by atoms with E-state index >= 15 is 0 Å². The lowest BCUT2D eigenvalue weighted by Crippen LogP contribution is -2.06. The Labute approximate surface area is 176 Å². The van der Waals surface area contributed by atoms with Crippen molar-refractivity contribution in [1.82, 2.24) is 9.78 Å². The van der Waals surface area contributed by atoms with Crippen LogP contribution in [0.2, 0.25) is 0 Å². The first-order valence-electron chi connectivity index (χ1n) is 8.76. The van der Waals surface area contributed by atoms with Crippen LogP contribution in [-0.4, -0.2) is 30.8 Å². The standard InChI is InChI=1S/C21H18N4O2.O2S/c1-2-27-21(26)16(14-22)12-18-13-20(15-6-4-3-5-7-15)25(24-18)19-10-8-17(23)9-11-19;1-3-2/h3-13H,2,23H2,1H3;/b16-12-;. The van der Waals surface area contributed by atoms with Gasteiger partial charge in [-0.2, -0.15) is 18.8 Å². The van der Waals surface area contributed by atoms with E-state index in [1.165, 1.54) is 6.08 Å². The Morgan fingerprint density at radius 2 is 1.83 bits per heavy atom. The van der Waals surface area contributed by atoms with Crippen molar-refractivity contribution < 1.29 is 17.9 Å². The van der Waals surface area contributed by atoms with Crippen LogP contribution in [0.15, 0.2) is 66.2 Å². The molecule has 0 aliphatic heterocycles. The summed E-state index contributed by atoms with van der Waals surface area (Å²) in [6, 6.07) is 20.7. The lowest BCUT2D eigenvalue weighted by atomic mass is 10.1. The van der Waals surface area contributed by atoms with Crippen LogP contribution in [-0.2, 0) is 21.1 Å². The van der Waals surface area contributed by atoms with Crippen molar-refractivity contribution in [3.05, 3.63) is 71.9 Å². The molecule has 0 aliphatic carbocycles. The zero-order valence-electron chi connectivity index (χ0n) is 16.0. The monoisotopic (exact) mass is 422 g/mol. The highest BCUT2D eigenvalue weighted by molar-refractivity contribution is 7.51. The Morgan fingerprint density at radius 1 is 1.20 bits per heavy atom. The van der Waals surface area contributed by atoms with Crippen LogP contribution in [0.3, 0.4) is 0 Å². The molecule has 0 aliphatic rings. The first-order valence-corrected chi connectivity index (χ1v) is 9.42. The highest BCUT2D eigenvalue weighted by Gasteiger charge is 2.14. The van der Waals surface area contributed by atoms with E-state index in [0.29, 0.717) is 11.4 Å². The predicted octanol–water partition coefficient (Wildman–Crippen LogP) is 2.92. The van der Waals surface area contributed by atoms with Gasteiger partial charge in [-0.15, -0.1) is 0 Å². The molecule has 0 spiro atoms. The van der Waals surface area contributed by atoms with Gasteiger partial charge >= 0.3 is 17.5 Å². The quantitative estimate of drug-likeness (QED) is 0.290. The topological polar surface area (TPSA) is 128 Å². The van der Waals surface area contributed by atoms with Crippen LogP contribution >= 0.6 is 0 Å². The number of nitriles is 1. The number of anilines is 1. The second kappa shape index (κ2) is 11.1. The molecule has 2 N–H and O–H groups in total. The van der Waals surface area contributed by atoms with Gasteiger partial charge in [0, 0.05) is 11.3 Å². The van der Waals surface area contributed by atoms with Gasteiger partial charge in [0.05, 0.1) is 23.7 Å². The van der Waals surface area contributed by atoms with E-state index in [1.54, 1.807) is 23.7 Å². The Bertz CT molecular complexity index is 1110. The lowest BCUT2D eigenvalue weighted by molar-refractivity contribution is -0.137. The molecule has 0 unspecified atom stereocenters. The van der Waals surface area contributed by atoms with Crippen molar-refractivity contribution in [2.75, 3.05) is 12.3 Å². The second-order valence-electron chi connectivity index (χ2n) is 5.78. The number of esters is 1. The summed E-state index contributed by atoms with van der Waals surface area (Å²) in [4.78, 5) is 11.9. The lowest BCUT2D eigenvalue weighted by Gasteiger charge is -2.07. The summed E-state index contributed by atoms with van der Waals surface area (Å²) < 4.78 is 23.2. The molecule has 30 heavy (non-hydrogen) atoms. The zero-order valence-corrected chi connectivity index (χ0v) is 16.8. The van der Waals surface area contributed by atoms with Crippen LogP contribution in [0.1, 0.15) is 12.6 Å². The highest BCUT2D eigenvalue weighted by Crippen LogP contribution is 2.25. The molecule has 1 heterocycles. The molecule has 9 heteroatoms. The highest BCUT2D eigenvalue weighted by atomic mass is 32.1. The molecule has 0 fully saturated rings. The number of nitrogen functional groups attached to an aromatic ring is 1. The Balaban J connectivity index is 0.00000101. The minimum absolute atomic E-state index is 0.0987. The number of hydrogen-bond donors (Lipinski definition) is 1. The average Bonchev–Trinajstić information content (AvgIpc) is 3.18. The normalized spacial score (nSPS) is 10.3. The molecular formula is C21H18N4O4S. The van der Waals surface area contributed by atoms with Crippen molar-refractivity contribution in [2.24, 2.45) is 0 Å². The Hall–Kier alpha value is -4.03. The van der Waals surface area contributed by atoms with E-state index in [2.05, 4.69) is 5.10 Å². The van der Waals surface area contributed by atoms with Gasteiger partial charge in [0.2, 0.25) is 0 Å². The van der Waals surface area contributed by atoms with Crippen molar-refractivity contribution in [3.63, 3.8) is 0 Å². The third-order valence-corrected chi connectivity index (χ3v) is 3.84. The van der Waals surface area contributed by atoms with Gasteiger partial charge in [0.15, 0.2) is 0 Å². The molecule has 0 saturated carbocycles. The first kappa shape index (κ1) is 22.3. The first-order chi connectivity index (χ1) is 14.5. The number of nitrogens with two attached hydrogens (primary N) is 1. The Morgan fingerprint density at radius 3 is 2.40 bits per heavy atom. The number of carbonyl (C=O) groups is 1. The summed E-state index contributed by atoms with van der Waals surface area (Å²) in [7, 11) is 0. The Kier molecular flexibility index (Phi) is 8.23. The fraction of sp³-hybridized carbons (Fsp3) is 0.0952. The SMILES string of the molecule is CCOC(=O)/C(C#N)=C\c1cc(-c2ccccc2)n(-c2ccc(N)cc2)n1.O=S=O. The van der Waals surface area contributed by atoms with Crippen molar-refractivity contribution >= 4 is 29.3 Å². The number of rotatable bonds is 5. The third-order valence-electron chi connectivity index (χ3n) is 3.84. The number of ether oxygens (including phenoxy) is 1. The number of benzene rings is 2. The van der Waals surface area contributed by atoms with Gasteiger partial charge in [-0.05, 0) is 43.3 Å². The zero-order chi connectivity index (χ0) is 21.9. The predicted molar refractivity (Wildman–Crippen MR) is 113 cm³/mol. The molecule has 3 aromatic rings. The minimum Gasteiger partial charge on any atom is -0.462 e. The molecule has 0 atom stereocenters. The molecule has 0 radical (unpaired) electrons. The second-order valence-corrected chi connectivity index (χ2v) is 5.92. The van der Waals surface area contributed by atoms with Crippen molar-refractivity contribution in [2.45, 2.75) is 6.92 Å². The summed E-state index contributed by atoms with van der Waals surface area (Å²) >= 11 is -0.750. The van der Waals surface area contributed by atoms with Crippen LogP contribution < -0.4 is 5.73 Å². The molecule has 0 bridgehead atoms. The van der Waals surface area contributed by atoms with Gasteiger partial charge in [0.1, 0.15) is 11.6 Å². The molecule has 1 aromatic heterocycles. The van der Waals surface area contributed by atoms with Crippen LogP contribution in [0.5, 0.6) is 0 Å². The van der Waals surface area contributed by atoms with E-state index in [1.807, 2.05) is 54.6 Å². The van der Waals surface area contributed by atoms with E-state index in [4.69, 9.17) is 18.9 Å². The van der Waals surface area contributed by atoms with E-state index < -0.39 is 17.5 Å². The largest absolute Gasteiger partial charge is 0.462 e. The molecule has 152 valence electrons. The van der Waals surface area contributed by atoms with Crippen molar-refractivity contribution in [1.29, 1.82) is 5.26 Å². The molecular weight excluding hydrogens is 404 g/mol. The van der Waals surface area contributed by atoms with Crippen molar-refractivity contribution in [3.8, 4) is 23.0 Å². The summed E-state index contributed by atoms with van der Waals surface area (Å²) in [5.41, 5.74) is 9.41. The van der Waals surface area contributed by atoms with Gasteiger partial charge in [-0.1, -0.05) is 30.3 Å². The number of aromatic nitrogens is 2. The van der Waals surface area contributed by atoms with Crippen LogP contribution in [0.4, 0.5) is 5.69 Å². The van der Waals surface area contributed by atoms with Crippen LogP contribution in [0.25, 0.3) is 23.0 Å². The van der Waals surface area contributed by atoms with Gasteiger partial charge < -0.3 is 10.5 Å². The molecule has 0 saturated heterocycles. The molecule has 8 nitrogen and oxygen atoms in total.